The second-order valence-corrected chi connectivity index (χ2v) is 6.54. The summed E-state index contributed by atoms with van der Waals surface area (Å²) in [4.78, 5) is 18.7. The number of hydrogen-bond acceptors (Lipinski definition) is 6. The van der Waals surface area contributed by atoms with Crippen LogP contribution < -0.4 is 4.74 Å². The first-order chi connectivity index (χ1) is 13.2. The molecule has 7 heteroatoms. The van der Waals surface area contributed by atoms with E-state index >= 15 is 0 Å². The smallest absolute Gasteiger partial charge is 0.227 e. The van der Waals surface area contributed by atoms with E-state index in [2.05, 4.69) is 10.1 Å². The van der Waals surface area contributed by atoms with Gasteiger partial charge in [0.05, 0.1) is 12.7 Å². The number of benzene rings is 1. The fourth-order valence-electron chi connectivity index (χ4n) is 3.15. The van der Waals surface area contributed by atoms with Crippen molar-refractivity contribution in [1.29, 1.82) is 0 Å². The van der Waals surface area contributed by atoms with Crippen LogP contribution in [0.3, 0.4) is 0 Å². The van der Waals surface area contributed by atoms with Crippen LogP contribution in [0, 0.1) is 0 Å². The molecule has 0 aliphatic carbocycles. The summed E-state index contributed by atoms with van der Waals surface area (Å²) in [6.07, 6.45) is 3.06. The Morgan fingerprint density at radius 3 is 2.78 bits per heavy atom. The second kappa shape index (κ2) is 9.50. The van der Waals surface area contributed by atoms with E-state index in [1.54, 1.807) is 0 Å². The Balaban J connectivity index is 1.53. The summed E-state index contributed by atoms with van der Waals surface area (Å²) in [5.74, 6) is 1.89. The standard InChI is InChI=1S/C20H27N3O4/c1-3-23(14-17-6-5-13-26-17)19(24)12-11-18-21-20(22-27-18)15-7-9-16(10-8-15)25-4-2/h7-10,17H,3-6,11-14H2,1-2H3. The molecule has 1 fully saturated rings. The molecule has 2 heterocycles. The monoisotopic (exact) mass is 373 g/mol. The average Bonchev–Trinajstić information content (AvgIpc) is 3.37. The molecule has 1 atom stereocenters. The summed E-state index contributed by atoms with van der Waals surface area (Å²) in [6, 6.07) is 7.54. The molecule has 1 unspecified atom stereocenters. The van der Waals surface area contributed by atoms with E-state index in [0.29, 0.717) is 44.3 Å². The van der Waals surface area contributed by atoms with E-state index in [-0.39, 0.29) is 12.0 Å². The summed E-state index contributed by atoms with van der Waals surface area (Å²) < 4.78 is 16.4. The molecular formula is C20H27N3O4. The SMILES string of the molecule is CCOc1ccc(-c2noc(CCC(=O)N(CC)CC3CCCO3)n2)cc1. The lowest BCUT2D eigenvalue weighted by Gasteiger charge is -2.23. The van der Waals surface area contributed by atoms with Crippen LogP contribution in [0.1, 0.15) is 39.0 Å². The van der Waals surface area contributed by atoms with E-state index in [4.69, 9.17) is 14.0 Å². The normalized spacial score (nSPS) is 16.4. The molecule has 27 heavy (non-hydrogen) atoms. The van der Waals surface area contributed by atoms with Gasteiger partial charge in [-0.3, -0.25) is 4.79 Å². The minimum Gasteiger partial charge on any atom is -0.494 e. The van der Waals surface area contributed by atoms with Gasteiger partial charge >= 0.3 is 0 Å². The van der Waals surface area contributed by atoms with E-state index in [9.17, 15) is 4.79 Å². The van der Waals surface area contributed by atoms with Crippen molar-refractivity contribution in [2.75, 3.05) is 26.3 Å². The quantitative estimate of drug-likeness (QED) is 0.672. The third-order valence-electron chi connectivity index (χ3n) is 4.63. The third-order valence-corrected chi connectivity index (χ3v) is 4.63. The van der Waals surface area contributed by atoms with Crippen LogP contribution in [-0.4, -0.2) is 53.4 Å². The Labute approximate surface area is 159 Å². The number of carbonyl (C=O) groups is 1. The maximum absolute atomic E-state index is 12.5. The van der Waals surface area contributed by atoms with Crippen molar-refractivity contribution in [2.24, 2.45) is 0 Å². The molecule has 1 amide bonds. The van der Waals surface area contributed by atoms with Crippen LogP contribution in [0.4, 0.5) is 0 Å². The summed E-state index contributed by atoms with van der Waals surface area (Å²) in [5.41, 5.74) is 0.855. The third kappa shape index (κ3) is 5.29. The van der Waals surface area contributed by atoms with Crippen molar-refractivity contribution >= 4 is 5.91 Å². The van der Waals surface area contributed by atoms with Crippen molar-refractivity contribution in [3.63, 3.8) is 0 Å². The predicted molar refractivity (Wildman–Crippen MR) is 100 cm³/mol. The highest BCUT2D eigenvalue weighted by Crippen LogP contribution is 2.20. The minimum atomic E-state index is 0.0915. The number of hydrogen-bond donors (Lipinski definition) is 0. The van der Waals surface area contributed by atoms with Gasteiger partial charge in [0.15, 0.2) is 0 Å². The molecular weight excluding hydrogens is 346 g/mol. The first-order valence-corrected chi connectivity index (χ1v) is 9.64. The Bertz CT molecular complexity index is 723. The fourth-order valence-corrected chi connectivity index (χ4v) is 3.15. The topological polar surface area (TPSA) is 77.7 Å². The zero-order valence-corrected chi connectivity index (χ0v) is 16.0. The molecule has 0 N–H and O–H groups in total. The van der Waals surface area contributed by atoms with Gasteiger partial charge in [0.25, 0.3) is 0 Å². The molecule has 0 spiro atoms. The molecule has 1 saturated heterocycles. The summed E-state index contributed by atoms with van der Waals surface area (Å²) in [5, 5.41) is 4.02. The molecule has 3 rings (SSSR count). The lowest BCUT2D eigenvalue weighted by Crippen LogP contribution is -2.37. The first-order valence-electron chi connectivity index (χ1n) is 9.64. The number of aromatic nitrogens is 2. The van der Waals surface area contributed by atoms with Crippen molar-refractivity contribution in [2.45, 2.75) is 45.6 Å². The molecule has 1 aliphatic rings. The first kappa shape index (κ1) is 19.4. The van der Waals surface area contributed by atoms with Gasteiger partial charge in [-0.25, -0.2) is 0 Å². The van der Waals surface area contributed by atoms with Crippen LogP contribution in [0.15, 0.2) is 28.8 Å². The van der Waals surface area contributed by atoms with Crippen LogP contribution in [0.5, 0.6) is 5.75 Å². The van der Waals surface area contributed by atoms with Gasteiger partial charge < -0.3 is 18.9 Å². The van der Waals surface area contributed by atoms with Crippen LogP contribution in [0.25, 0.3) is 11.4 Å². The van der Waals surface area contributed by atoms with Gasteiger partial charge in [-0.05, 0) is 51.0 Å². The molecule has 0 bridgehead atoms. The molecule has 1 aromatic carbocycles. The Kier molecular flexibility index (Phi) is 6.81. The van der Waals surface area contributed by atoms with Crippen molar-refractivity contribution in [3.05, 3.63) is 30.2 Å². The number of likely N-dealkylation sites (N-methyl/N-ethyl adjacent to an activating group) is 1. The maximum atomic E-state index is 12.5. The van der Waals surface area contributed by atoms with Gasteiger partial charge in [0.2, 0.25) is 17.6 Å². The molecule has 1 aromatic heterocycles. The highest BCUT2D eigenvalue weighted by Gasteiger charge is 2.22. The van der Waals surface area contributed by atoms with Crippen LogP contribution in [-0.2, 0) is 16.0 Å². The van der Waals surface area contributed by atoms with Gasteiger partial charge in [-0.2, -0.15) is 4.98 Å². The minimum absolute atomic E-state index is 0.0915. The Morgan fingerprint density at radius 1 is 1.30 bits per heavy atom. The van der Waals surface area contributed by atoms with Crippen molar-refractivity contribution < 1.29 is 18.8 Å². The zero-order valence-electron chi connectivity index (χ0n) is 16.0. The summed E-state index contributed by atoms with van der Waals surface area (Å²) in [7, 11) is 0. The average molecular weight is 373 g/mol. The molecule has 2 aromatic rings. The van der Waals surface area contributed by atoms with E-state index in [1.165, 1.54) is 0 Å². The Hall–Kier alpha value is -2.41. The van der Waals surface area contributed by atoms with Gasteiger partial charge in [0.1, 0.15) is 5.75 Å². The molecule has 0 saturated carbocycles. The van der Waals surface area contributed by atoms with Crippen LogP contribution in [0.2, 0.25) is 0 Å². The van der Waals surface area contributed by atoms with Gasteiger partial charge in [-0.15, -0.1) is 0 Å². The fraction of sp³-hybridized carbons (Fsp3) is 0.550. The van der Waals surface area contributed by atoms with Crippen molar-refractivity contribution in [1.82, 2.24) is 15.0 Å². The zero-order chi connectivity index (χ0) is 19.1. The lowest BCUT2D eigenvalue weighted by molar-refractivity contribution is -0.132. The lowest BCUT2D eigenvalue weighted by atomic mass is 10.2. The van der Waals surface area contributed by atoms with E-state index in [1.807, 2.05) is 43.0 Å². The van der Waals surface area contributed by atoms with Gasteiger partial charge in [0, 0.05) is 38.1 Å². The maximum Gasteiger partial charge on any atom is 0.227 e. The number of rotatable bonds is 9. The number of aryl methyl sites for hydroxylation is 1. The largest absolute Gasteiger partial charge is 0.494 e. The van der Waals surface area contributed by atoms with E-state index < -0.39 is 0 Å². The number of nitrogens with zero attached hydrogens (tertiary/aromatic N) is 3. The molecule has 0 radical (unpaired) electrons. The van der Waals surface area contributed by atoms with Gasteiger partial charge in [-0.1, -0.05) is 5.16 Å². The highest BCUT2D eigenvalue weighted by molar-refractivity contribution is 5.76. The van der Waals surface area contributed by atoms with Crippen molar-refractivity contribution in [3.8, 4) is 17.1 Å². The number of ether oxygens (including phenoxy) is 2. The predicted octanol–water partition coefficient (Wildman–Crippen LogP) is 3.10. The highest BCUT2D eigenvalue weighted by atomic mass is 16.5. The second-order valence-electron chi connectivity index (χ2n) is 6.54. The molecule has 7 nitrogen and oxygen atoms in total. The number of amides is 1. The van der Waals surface area contributed by atoms with E-state index in [0.717, 1.165) is 30.8 Å². The summed E-state index contributed by atoms with van der Waals surface area (Å²) in [6.45, 7) is 6.70. The molecule has 146 valence electrons. The van der Waals surface area contributed by atoms with Crippen LogP contribution >= 0.6 is 0 Å². The molecule has 1 aliphatic heterocycles. The summed E-state index contributed by atoms with van der Waals surface area (Å²) >= 11 is 0. The number of carbonyl (C=O) groups excluding carboxylic acids is 1. The Morgan fingerprint density at radius 2 is 2.11 bits per heavy atom.